The fourth-order valence-corrected chi connectivity index (χ4v) is 9.56. The number of hydrogen-bond donors (Lipinski definition) is 0. The number of benzene rings is 7. The number of aromatic nitrogens is 2. The van der Waals surface area contributed by atoms with E-state index in [2.05, 4.69) is 193 Å². The molecule has 11 rings (SSSR count). The third-order valence-corrected chi connectivity index (χ3v) is 12.1. The van der Waals surface area contributed by atoms with Gasteiger partial charge in [0.1, 0.15) is 0 Å². The zero-order valence-electron chi connectivity index (χ0n) is 29.9. The first-order valence-electron chi connectivity index (χ1n) is 18.0. The van der Waals surface area contributed by atoms with Gasteiger partial charge < -0.3 is 14.0 Å². The van der Waals surface area contributed by atoms with Crippen LogP contribution < -0.4 is 4.90 Å². The Kier molecular flexibility index (Phi) is 6.23. The van der Waals surface area contributed by atoms with Crippen LogP contribution >= 0.6 is 0 Å². The number of anilines is 3. The summed E-state index contributed by atoms with van der Waals surface area (Å²) in [5, 5.41) is 5.13. The van der Waals surface area contributed by atoms with Gasteiger partial charge in [-0.3, -0.25) is 0 Å². The van der Waals surface area contributed by atoms with Crippen LogP contribution in [0, 0.1) is 0 Å². The SMILES string of the molecule is CC1(C)c2ccccc2N2c3ccc(-n4c5ccccc5c5ccccc54)cc3C(C)(C)c3cc(-n4c5ccccc5c5ccccc54)cc1c32.[B]. The Morgan fingerprint density at radius 2 is 0.750 bits per heavy atom. The van der Waals surface area contributed by atoms with Crippen molar-refractivity contribution in [1.82, 2.24) is 9.13 Å². The maximum absolute atomic E-state index is 2.57. The van der Waals surface area contributed by atoms with Crippen molar-refractivity contribution in [3.63, 3.8) is 0 Å². The molecule has 9 aromatic rings. The zero-order valence-corrected chi connectivity index (χ0v) is 29.9. The lowest BCUT2D eigenvalue weighted by molar-refractivity contribution is 0.596. The minimum atomic E-state index is -0.290. The Hall–Kier alpha value is -6.00. The average Bonchev–Trinajstić information content (AvgIpc) is 3.68. The molecule has 0 aliphatic carbocycles. The van der Waals surface area contributed by atoms with Gasteiger partial charge in [0.15, 0.2) is 0 Å². The van der Waals surface area contributed by atoms with E-state index in [9.17, 15) is 0 Å². The number of rotatable bonds is 2. The lowest BCUT2D eigenvalue weighted by atomic mass is 9.66. The summed E-state index contributed by atoms with van der Waals surface area (Å²) < 4.78 is 4.94. The van der Waals surface area contributed by atoms with E-state index < -0.39 is 0 Å². The Morgan fingerprint density at radius 3 is 1.27 bits per heavy atom. The summed E-state index contributed by atoms with van der Waals surface area (Å²) in [6.45, 7) is 9.67. The highest BCUT2D eigenvalue weighted by molar-refractivity contribution is 6.10. The van der Waals surface area contributed by atoms with Crippen molar-refractivity contribution in [2.24, 2.45) is 0 Å². The second-order valence-corrected chi connectivity index (χ2v) is 15.4. The molecule has 0 N–H and O–H groups in total. The smallest absolute Gasteiger partial charge is 0.0545 e. The van der Waals surface area contributed by atoms with Crippen molar-refractivity contribution < 1.29 is 0 Å². The van der Waals surface area contributed by atoms with Crippen molar-refractivity contribution >= 4 is 69.1 Å². The first kappa shape index (κ1) is 30.8. The van der Waals surface area contributed by atoms with Gasteiger partial charge in [-0.1, -0.05) is 119 Å². The van der Waals surface area contributed by atoms with E-state index in [-0.39, 0.29) is 19.2 Å². The molecule has 4 heterocycles. The third kappa shape index (κ3) is 3.82. The Morgan fingerprint density at radius 1 is 0.365 bits per heavy atom. The number of para-hydroxylation sites is 5. The lowest BCUT2D eigenvalue weighted by Crippen LogP contribution is -2.38. The summed E-state index contributed by atoms with van der Waals surface area (Å²) in [4.78, 5) is 2.57. The van der Waals surface area contributed by atoms with Crippen molar-refractivity contribution in [2.75, 3.05) is 4.90 Å². The van der Waals surface area contributed by atoms with Gasteiger partial charge >= 0.3 is 0 Å². The molecule has 52 heavy (non-hydrogen) atoms. The maximum Gasteiger partial charge on any atom is 0.0545 e. The standard InChI is InChI=1S/C48H37N3.B/c1-47(2)36-19-9-14-24-44(36)51-45-26-25-30(49-40-20-10-5-15-32(40)33-16-6-11-21-41(33)49)27-37(45)48(3,4)39-29-31(28-38(47)46(39)51)50-42-22-12-7-17-34(42)35-18-8-13-23-43(35)50;/h5-29H,1-4H3;. The summed E-state index contributed by atoms with van der Waals surface area (Å²) in [5.74, 6) is 0. The predicted molar refractivity (Wildman–Crippen MR) is 220 cm³/mol. The number of fused-ring (bicyclic) bond motifs is 10. The van der Waals surface area contributed by atoms with Crippen LogP contribution in [-0.2, 0) is 10.8 Å². The van der Waals surface area contributed by atoms with E-state index in [1.54, 1.807) is 0 Å². The summed E-state index contributed by atoms with van der Waals surface area (Å²) in [6, 6.07) is 56.5. The number of hydrogen-bond acceptors (Lipinski definition) is 1. The molecule has 247 valence electrons. The van der Waals surface area contributed by atoms with Gasteiger partial charge in [-0.25, -0.2) is 0 Å². The molecular weight excluding hydrogens is 629 g/mol. The predicted octanol–water partition coefficient (Wildman–Crippen LogP) is 12.2. The molecule has 0 bridgehead atoms. The van der Waals surface area contributed by atoms with Crippen LogP contribution in [0.25, 0.3) is 55.0 Å². The van der Waals surface area contributed by atoms with Gasteiger partial charge in [0, 0.05) is 52.2 Å². The fraction of sp³-hybridized carbons (Fsp3) is 0.125. The van der Waals surface area contributed by atoms with Crippen LogP contribution in [0.2, 0.25) is 0 Å². The molecule has 0 atom stereocenters. The van der Waals surface area contributed by atoms with Crippen molar-refractivity contribution in [3.05, 3.63) is 174 Å². The molecule has 7 aromatic carbocycles. The van der Waals surface area contributed by atoms with E-state index in [1.165, 1.54) is 94.3 Å². The molecule has 0 fully saturated rings. The minimum Gasteiger partial charge on any atom is -0.309 e. The Labute approximate surface area is 305 Å². The molecule has 3 nitrogen and oxygen atoms in total. The van der Waals surface area contributed by atoms with Crippen LogP contribution in [0.3, 0.4) is 0 Å². The highest BCUT2D eigenvalue weighted by Crippen LogP contribution is 2.61. The van der Waals surface area contributed by atoms with Gasteiger partial charge in [-0.2, -0.15) is 0 Å². The lowest BCUT2D eigenvalue weighted by Gasteiger charge is -2.49. The normalized spacial score (nSPS) is 15.0. The van der Waals surface area contributed by atoms with Gasteiger partial charge in [-0.05, 0) is 82.9 Å². The van der Waals surface area contributed by atoms with Crippen LogP contribution in [0.4, 0.5) is 17.1 Å². The van der Waals surface area contributed by atoms with E-state index >= 15 is 0 Å². The van der Waals surface area contributed by atoms with Crippen LogP contribution in [0.15, 0.2) is 152 Å². The molecule has 2 aliphatic heterocycles. The summed E-state index contributed by atoms with van der Waals surface area (Å²) in [5.41, 5.74) is 16.1. The summed E-state index contributed by atoms with van der Waals surface area (Å²) in [6.07, 6.45) is 0. The molecule has 2 aromatic heterocycles. The van der Waals surface area contributed by atoms with Gasteiger partial charge in [0.05, 0.1) is 39.1 Å². The average molecular weight is 667 g/mol. The van der Waals surface area contributed by atoms with Gasteiger partial charge in [0.2, 0.25) is 0 Å². The first-order chi connectivity index (χ1) is 24.8. The van der Waals surface area contributed by atoms with E-state index in [0.717, 1.165) is 0 Å². The highest BCUT2D eigenvalue weighted by Gasteiger charge is 2.46. The second kappa shape index (κ2) is 10.5. The Bertz CT molecular complexity index is 2830. The monoisotopic (exact) mass is 666 g/mol. The summed E-state index contributed by atoms with van der Waals surface area (Å²) >= 11 is 0. The second-order valence-electron chi connectivity index (χ2n) is 15.4. The van der Waals surface area contributed by atoms with Crippen molar-refractivity contribution in [1.29, 1.82) is 0 Å². The van der Waals surface area contributed by atoms with Gasteiger partial charge in [0.25, 0.3) is 0 Å². The summed E-state index contributed by atoms with van der Waals surface area (Å²) in [7, 11) is 0. The highest BCUT2D eigenvalue weighted by atomic mass is 15.2. The van der Waals surface area contributed by atoms with Crippen molar-refractivity contribution in [3.8, 4) is 11.4 Å². The molecular formula is C48H37BN3. The third-order valence-electron chi connectivity index (χ3n) is 12.1. The molecule has 0 saturated carbocycles. The quantitative estimate of drug-likeness (QED) is 0.167. The van der Waals surface area contributed by atoms with Crippen LogP contribution in [-0.4, -0.2) is 17.5 Å². The maximum atomic E-state index is 2.57. The molecule has 0 spiro atoms. The fourth-order valence-electron chi connectivity index (χ4n) is 9.56. The van der Waals surface area contributed by atoms with E-state index in [4.69, 9.17) is 0 Å². The molecule has 4 heteroatoms. The number of nitrogens with zero attached hydrogens (tertiary/aromatic N) is 3. The van der Waals surface area contributed by atoms with Crippen molar-refractivity contribution in [2.45, 2.75) is 38.5 Å². The first-order valence-corrected chi connectivity index (χ1v) is 18.0. The minimum absolute atomic E-state index is 0. The van der Waals surface area contributed by atoms with Crippen LogP contribution in [0.5, 0.6) is 0 Å². The topological polar surface area (TPSA) is 13.1 Å². The van der Waals surface area contributed by atoms with E-state index in [0.29, 0.717) is 0 Å². The molecule has 3 radical (unpaired) electrons. The zero-order chi connectivity index (χ0) is 34.2. The molecule has 0 unspecified atom stereocenters. The van der Waals surface area contributed by atoms with E-state index in [1.807, 2.05) is 0 Å². The molecule has 0 saturated heterocycles. The largest absolute Gasteiger partial charge is 0.309 e. The van der Waals surface area contributed by atoms with Crippen LogP contribution in [0.1, 0.15) is 49.9 Å². The molecule has 0 amide bonds. The Balaban J connectivity index is 0.00000338. The van der Waals surface area contributed by atoms with Gasteiger partial charge in [-0.15, -0.1) is 0 Å². The molecule has 2 aliphatic rings.